The molecule has 1 aliphatic heterocycles. The van der Waals surface area contributed by atoms with Gasteiger partial charge < -0.3 is 9.64 Å². The molecule has 0 bridgehead atoms. The molecule has 0 spiro atoms. The first-order chi connectivity index (χ1) is 14.4. The van der Waals surface area contributed by atoms with Gasteiger partial charge in [-0.1, -0.05) is 30.3 Å². The Bertz CT molecular complexity index is 1100. The number of anilines is 1. The van der Waals surface area contributed by atoms with Gasteiger partial charge in [0.15, 0.2) is 0 Å². The van der Waals surface area contributed by atoms with Crippen molar-refractivity contribution in [3.8, 4) is 5.88 Å². The summed E-state index contributed by atoms with van der Waals surface area (Å²) in [5, 5.41) is 5.90. The molecular weight excluding hydrogens is 378 g/mol. The summed E-state index contributed by atoms with van der Waals surface area (Å²) in [5.74, 6) is 0.720. The van der Waals surface area contributed by atoms with E-state index < -0.39 is 0 Å². The Morgan fingerprint density at radius 2 is 1.79 bits per heavy atom. The van der Waals surface area contributed by atoms with Crippen LogP contribution in [0, 0.1) is 0 Å². The third kappa shape index (κ3) is 4.07. The fraction of sp³-hybridized carbons (Fsp3) is 0.292. The van der Waals surface area contributed by atoms with Crippen LogP contribution in [0.2, 0.25) is 0 Å². The third-order valence-electron chi connectivity index (χ3n) is 5.66. The number of rotatable bonds is 6. The summed E-state index contributed by atoms with van der Waals surface area (Å²) in [4.78, 5) is 9.49. The van der Waals surface area contributed by atoms with Crippen LogP contribution in [0.4, 0.5) is 5.69 Å². The number of ether oxygens (including phenoxy) is 1. The number of benzene rings is 2. The van der Waals surface area contributed by atoms with Gasteiger partial charge in [0, 0.05) is 66.1 Å². The molecule has 148 valence electrons. The summed E-state index contributed by atoms with van der Waals surface area (Å²) >= 11 is 1.82. The van der Waals surface area contributed by atoms with E-state index in [4.69, 9.17) is 4.74 Å². The van der Waals surface area contributed by atoms with Gasteiger partial charge in [0.25, 0.3) is 0 Å². The van der Waals surface area contributed by atoms with Crippen molar-refractivity contribution in [3.05, 3.63) is 66.2 Å². The zero-order valence-electron chi connectivity index (χ0n) is 16.5. The molecule has 1 aliphatic rings. The van der Waals surface area contributed by atoms with Crippen molar-refractivity contribution in [2.45, 2.75) is 6.42 Å². The summed E-state index contributed by atoms with van der Waals surface area (Å²) in [6.45, 7) is 6.16. The van der Waals surface area contributed by atoms with Gasteiger partial charge in [-0.05, 0) is 35.4 Å². The molecule has 4 nitrogen and oxygen atoms in total. The number of fused-ring (bicyclic) bond motifs is 2. The lowest BCUT2D eigenvalue weighted by atomic mass is 10.2. The molecule has 0 unspecified atom stereocenters. The lowest BCUT2D eigenvalue weighted by Gasteiger charge is -2.36. The number of nitrogens with zero attached hydrogens (tertiary/aromatic N) is 3. The maximum absolute atomic E-state index is 5.89. The van der Waals surface area contributed by atoms with Gasteiger partial charge >= 0.3 is 0 Å². The minimum Gasteiger partial charge on any atom is -0.478 e. The van der Waals surface area contributed by atoms with Crippen LogP contribution in [0.5, 0.6) is 5.88 Å². The molecule has 3 heterocycles. The Morgan fingerprint density at radius 3 is 2.69 bits per heavy atom. The minimum absolute atomic E-state index is 0.708. The molecular formula is C24H25N3OS. The summed E-state index contributed by atoms with van der Waals surface area (Å²) < 4.78 is 7.27. The third-order valence-corrected chi connectivity index (χ3v) is 6.54. The molecule has 0 amide bonds. The van der Waals surface area contributed by atoms with Crippen LogP contribution in [-0.4, -0.2) is 49.2 Å². The van der Waals surface area contributed by atoms with Gasteiger partial charge in [-0.3, -0.25) is 4.90 Å². The fourth-order valence-corrected chi connectivity index (χ4v) is 4.88. The average Bonchev–Trinajstić information content (AvgIpc) is 3.26. The van der Waals surface area contributed by atoms with Crippen molar-refractivity contribution < 1.29 is 4.74 Å². The van der Waals surface area contributed by atoms with Gasteiger partial charge in [0.2, 0.25) is 5.88 Å². The van der Waals surface area contributed by atoms with Crippen LogP contribution in [0.1, 0.15) is 6.42 Å². The predicted octanol–water partition coefficient (Wildman–Crippen LogP) is 5.04. The van der Waals surface area contributed by atoms with Crippen molar-refractivity contribution in [2.75, 3.05) is 44.2 Å². The monoisotopic (exact) mass is 403 g/mol. The van der Waals surface area contributed by atoms with Crippen LogP contribution in [-0.2, 0) is 0 Å². The van der Waals surface area contributed by atoms with Crippen molar-refractivity contribution in [1.82, 2.24) is 9.88 Å². The van der Waals surface area contributed by atoms with Crippen LogP contribution in [0.15, 0.2) is 66.2 Å². The Labute approximate surface area is 175 Å². The Hall–Kier alpha value is -2.63. The van der Waals surface area contributed by atoms with Crippen molar-refractivity contribution in [2.24, 2.45) is 0 Å². The standard InChI is InChI=1S/C24H25N3OS/c1-2-6-20-18-25-24(17-19(20)5-1)28-15-4-10-26-11-13-27(14-12-26)22-7-3-8-23-21(22)9-16-29-23/h1-3,5-9,16-18H,4,10-15H2. The largest absolute Gasteiger partial charge is 0.478 e. The first-order valence-corrected chi connectivity index (χ1v) is 11.2. The highest BCUT2D eigenvalue weighted by Crippen LogP contribution is 2.31. The molecule has 4 aromatic rings. The Balaban J connectivity index is 1.09. The molecule has 0 N–H and O–H groups in total. The number of hydrogen-bond acceptors (Lipinski definition) is 5. The van der Waals surface area contributed by atoms with E-state index in [1.807, 2.05) is 35.7 Å². The number of hydrogen-bond donors (Lipinski definition) is 0. The zero-order chi connectivity index (χ0) is 19.5. The molecule has 29 heavy (non-hydrogen) atoms. The molecule has 0 atom stereocenters. The minimum atomic E-state index is 0.708. The normalized spacial score (nSPS) is 15.2. The van der Waals surface area contributed by atoms with Gasteiger partial charge in [-0.25, -0.2) is 4.98 Å². The molecule has 1 fully saturated rings. The number of aromatic nitrogens is 1. The van der Waals surface area contributed by atoms with Crippen LogP contribution < -0.4 is 9.64 Å². The van der Waals surface area contributed by atoms with E-state index in [0.29, 0.717) is 6.61 Å². The maximum Gasteiger partial charge on any atom is 0.213 e. The summed E-state index contributed by atoms with van der Waals surface area (Å²) in [5.41, 5.74) is 1.38. The zero-order valence-corrected chi connectivity index (χ0v) is 17.3. The molecule has 0 radical (unpaired) electrons. The summed E-state index contributed by atoms with van der Waals surface area (Å²) in [6, 6.07) is 19.2. The summed E-state index contributed by atoms with van der Waals surface area (Å²) in [7, 11) is 0. The molecule has 5 heteroatoms. The van der Waals surface area contributed by atoms with E-state index in [1.165, 1.54) is 21.2 Å². The molecule has 1 saturated heterocycles. The number of thiophene rings is 1. The molecule has 0 aliphatic carbocycles. The molecule has 5 rings (SSSR count). The van der Waals surface area contributed by atoms with Crippen molar-refractivity contribution in [3.63, 3.8) is 0 Å². The number of pyridine rings is 1. The van der Waals surface area contributed by atoms with Gasteiger partial charge in [-0.15, -0.1) is 11.3 Å². The van der Waals surface area contributed by atoms with Crippen LogP contribution in [0.3, 0.4) is 0 Å². The first kappa shape index (κ1) is 18.4. The van der Waals surface area contributed by atoms with Crippen molar-refractivity contribution in [1.29, 1.82) is 0 Å². The SMILES string of the molecule is c1ccc2cc(OCCCN3CCN(c4cccc5sccc45)CC3)ncc2c1. The van der Waals surface area contributed by atoms with E-state index in [2.05, 4.69) is 56.6 Å². The highest BCUT2D eigenvalue weighted by atomic mass is 32.1. The predicted molar refractivity (Wildman–Crippen MR) is 122 cm³/mol. The van der Waals surface area contributed by atoms with Crippen molar-refractivity contribution >= 4 is 37.9 Å². The highest BCUT2D eigenvalue weighted by molar-refractivity contribution is 7.17. The van der Waals surface area contributed by atoms with E-state index in [-0.39, 0.29) is 0 Å². The van der Waals surface area contributed by atoms with E-state index in [9.17, 15) is 0 Å². The topological polar surface area (TPSA) is 28.6 Å². The molecule has 0 saturated carbocycles. The van der Waals surface area contributed by atoms with Crippen LogP contribution in [0.25, 0.3) is 20.9 Å². The smallest absolute Gasteiger partial charge is 0.213 e. The van der Waals surface area contributed by atoms with Gasteiger partial charge in [0.05, 0.1) is 6.61 Å². The van der Waals surface area contributed by atoms with E-state index in [0.717, 1.165) is 50.4 Å². The second-order valence-electron chi connectivity index (χ2n) is 7.51. The lowest BCUT2D eigenvalue weighted by molar-refractivity contribution is 0.222. The van der Waals surface area contributed by atoms with E-state index >= 15 is 0 Å². The van der Waals surface area contributed by atoms with Gasteiger partial charge in [0.1, 0.15) is 0 Å². The Kier molecular flexibility index (Phi) is 5.33. The quantitative estimate of drug-likeness (QED) is 0.422. The van der Waals surface area contributed by atoms with Gasteiger partial charge in [-0.2, -0.15) is 0 Å². The average molecular weight is 404 g/mol. The maximum atomic E-state index is 5.89. The lowest BCUT2D eigenvalue weighted by Crippen LogP contribution is -2.46. The summed E-state index contributed by atoms with van der Waals surface area (Å²) in [6.07, 6.45) is 2.91. The highest BCUT2D eigenvalue weighted by Gasteiger charge is 2.18. The van der Waals surface area contributed by atoms with Crippen LogP contribution >= 0.6 is 11.3 Å². The Morgan fingerprint density at radius 1 is 0.931 bits per heavy atom. The first-order valence-electron chi connectivity index (χ1n) is 10.3. The number of piperazine rings is 1. The fourth-order valence-electron chi connectivity index (χ4n) is 4.07. The molecule has 2 aromatic heterocycles. The second-order valence-corrected chi connectivity index (χ2v) is 8.46. The van der Waals surface area contributed by atoms with E-state index in [1.54, 1.807) is 0 Å². The molecule has 2 aromatic carbocycles. The second kappa shape index (κ2) is 8.39.